The molecule has 1 unspecified atom stereocenters. The largest absolute Gasteiger partial charge is 0.348 e. The molecule has 0 aliphatic carbocycles. The van der Waals surface area contributed by atoms with Crippen molar-refractivity contribution in [3.63, 3.8) is 0 Å². The molecule has 0 radical (unpaired) electrons. The molecule has 2 amide bonds. The lowest BCUT2D eigenvalue weighted by molar-refractivity contribution is 0.238. The zero-order chi connectivity index (χ0) is 16.9. The summed E-state index contributed by atoms with van der Waals surface area (Å²) in [6.45, 7) is 4.74. The Morgan fingerprint density at radius 1 is 1.42 bits per heavy atom. The van der Waals surface area contributed by atoms with Crippen LogP contribution in [0.25, 0.3) is 0 Å². The third-order valence-electron chi connectivity index (χ3n) is 4.16. The molecule has 2 aromatic heterocycles. The number of hydrogen-bond donors (Lipinski definition) is 2. The summed E-state index contributed by atoms with van der Waals surface area (Å²) in [7, 11) is 1.86. The zero-order valence-corrected chi connectivity index (χ0v) is 15.0. The number of amides is 2. The maximum Gasteiger partial charge on any atom is 0.315 e. The van der Waals surface area contributed by atoms with Crippen LogP contribution in [0.4, 0.5) is 9.93 Å². The molecule has 0 spiro atoms. The van der Waals surface area contributed by atoms with E-state index in [4.69, 9.17) is 0 Å². The van der Waals surface area contributed by atoms with Gasteiger partial charge in [-0.15, -0.1) is 11.3 Å². The number of carbonyl (C=O) groups excluding carboxylic acids is 1. The van der Waals surface area contributed by atoms with Crippen molar-refractivity contribution in [2.75, 3.05) is 24.5 Å². The van der Waals surface area contributed by atoms with Gasteiger partial charge in [0.15, 0.2) is 5.13 Å². The number of aromatic nitrogens is 3. The summed E-state index contributed by atoms with van der Waals surface area (Å²) in [5.74, 6) is 0. The van der Waals surface area contributed by atoms with Crippen molar-refractivity contribution in [3.05, 3.63) is 29.0 Å². The van der Waals surface area contributed by atoms with Gasteiger partial charge in [0.2, 0.25) is 0 Å². The highest BCUT2D eigenvalue weighted by Crippen LogP contribution is 2.24. The number of thiazole rings is 1. The summed E-state index contributed by atoms with van der Waals surface area (Å²) in [4.78, 5) is 19.0. The van der Waals surface area contributed by atoms with Crippen LogP contribution < -0.4 is 15.5 Å². The lowest BCUT2D eigenvalue weighted by Crippen LogP contribution is -2.38. The number of hydrogen-bond acceptors (Lipinski definition) is 5. The van der Waals surface area contributed by atoms with Crippen LogP contribution in [0.3, 0.4) is 0 Å². The predicted octanol–water partition coefficient (Wildman–Crippen LogP) is 2.08. The van der Waals surface area contributed by atoms with Crippen LogP contribution in [0.15, 0.2) is 17.8 Å². The Morgan fingerprint density at radius 3 is 2.92 bits per heavy atom. The molecule has 7 nitrogen and oxygen atoms in total. The first-order chi connectivity index (χ1) is 11.6. The lowest BCUT2D eigenvalue weighted by atomic mass is 10.2. The standard InChI is InChI=1S/C16H24N6OS/c1-12(13-9-18-21(2)10-13)19-15(23)17-6-5-14-11-24-16(20-14)22-7-3-4-8-22/h9-12H,3-8H2,1-2H3,(H2,17,19,23). The van der Waals surface area contributed by atoms with Gasteiger partial charge in [-0.3, -0.25) is 4.68 Å². The zero-order valence-electron chi connectivity index (χ0n) is 14.2. The molecule has 1 saturated heterocycles. The van der Waals surface area contributed by atoms with Crippen LogP contribution >= 0.6 is 11.3 Å². The molecule has 3 heterocycles. The van der Waals surface area contributed by atoms with Crippen LogP contribution in [0, 0.1) is 0 Å². The van der Waals surface area contributed by atoms with Gasteiger partial charge >= 0.3 is 6.03 Å². The number of urea groups is 1. The number of anilines is 1. The maximum atomic E-state index is 12.0. The second-order valence-electron chi connectivity index (χ2n) is 6.13. The van der Waals surface area contributed by atoms with Gasteiger partial charge in [-0.05, 0) is 19.8 Å². The first-order valence-corrected chi connectivity index (χ1v) is 9.22. The molecule has 1 atom stereocenters. The van der Waals surface area contributed by atoms with E-state index in [9.17, 15) is 4.79 Å². The lowest BCUT2D eigenvalue weighted by Gasteiger charge is -2.13. The van der Waals surface area contributed by atoms with E-state index in [1.807, 2.05) is 20.2 Å². The molecular formula is C16H24N6OS. The maximum absolute atomic E-state index is 12.0. The van der Waals surface area contributed by atoms with Crippen molar-refractivity contribution in [2.24, 2.45) is 7.05 Å². The molecule has 1 fully saturated rings. The number of aryl methyl sites for hydroxylation is 1. The van der Waals surface area contributed by atoms with E-state index in [1.165, 1.54) is 12.8 Å². The van der Waals surface area contributed by atoms with E-state index in [1.54, 1.807) is 22.2 Å². The minimum Gasteiger partial charge on any atom is -0.348 e. The Labute approximate surface area is 146 Å². The van der Waals surface area contributed by atoms with Crippen LogP contribution in [0.1, 0.15) is 37.1 Å². The van der Waals surface area contributed by atoms with E-state index in [2.05, 4.69) is 31.0 Å². The number of nitrogens with zero attached hydrogens (tertiary/aromatic N) is 4. The first kappa shape index (κ1) is 16.8. The molecule has 2 aromatic rings. The minimum atomic E-state index is -0.165. The molecule has 0 aromatic carbocycles. The third kappa shape index (κ3) is 4.25. The van der Waals surface area contributed by atoms with Crippen molar-refractivity contribution in [3.8, 4) is 0 Å². The minimum absolute atomic E-state index is 0.0697. The summed E-state index contributed by atoms with van der Waals surface area (Å²) in [6.07, 6.45) is 6.93. The Kier molecular flexibility index (Phi) is 5.34. The van der Waals surface area contributed by atoms with Gasteiger partial charge in [0.25, 0.3) is 0 Å². The number of carbonyl (C=O) groups is 1. The molecular weight excluding hydrogens is 324 g/mol. The first-order valence-electron chi connectivity index (χ1n) is 8.34. The molecule has 130 valence electrons. The average molecular weight is 348 g/mol. The molecule has 24 heavy (non-hydrogen) atoms. The smallest absolute Gasteiger partial charge is 0.315 e. The summed E-state index contributed by atoms with van der Waals surface area (Å²) >= 11 is 1.69. The second kappa shape index (κ2) is 7.65. The molecule has 2 N–H and O–H groups in total. The highest BCUT2D eigenvalue weighted by Gasteiger charge is 2.15. The van der Waals surface area contributed by atoms with Crippen LogP contribution in [0.5, 0.6) is 0 Å². The number of nitrogens with one attached hydrogen (secondary N) is 2. The van der Waals surface area contributed by atoms with Crippen molar-refractivity contribution in [1.29, 1.82) is 0 Å². The van der Waals surface area contributed by atoms with Gasteiger partial charge in [0, 0.05) is 50.2 Å². The summed E-state index contributed by atoms with van der Waals surface area (Å²) in [6, 6.07) is -0.235. The van der Waals surface area contributed by atoms with E-state index in [0.29, 0.717) is 6.54 Å². The van der Waals surface area contributed by atoms with Crippen LogP contribution in [-0.2, 0) is 13.5 Å². The number of rotatable bonds is 6. The van der Waals surface area contributed by atoms with E-state index in [-0.39, 0.29) is 12.1 Å². The third-order valence-corrected chi connectivity index (χ3v) is 5.11. The van der Waals surface area contributed by atoms with Gasteiger partial charge in [0.05, 0.1) is 17.9 Å². The monoisotopic (exact) mass is 348 g/mol. The van der Waals surface area contributed by atoms with Crippen molar-refractivity contribution in [1.82, 2.24) is 25.4 Å². The molecule has 1 aliphatic heterocycles. The summed E-state index contributed by atoms with van der Waals surface area (Å²) in [5, 5.41) is 13.1. The van der Waals surface area contributed by atoms with Crippen molar-refractivity contribution in [2.45, 2.75) is 32.2 Å². The Morgan fingerprint density at radius 2 is 2.21 bits per heavy atom. The quantitative estimate of drug-likeness (QED) is 0.838. The fourth-order valence-electron chi connectivity index (χ4n) is 2.76. The summed E-state index contributed by atoms with van der Waals surface area (Å²) in [5.41, 5.74) is 2.03. The molecule has 0 bridgehead atoms. The molecule has 0 saturated carbocycles. The molecule has 1 aliphatic rings. The second-order valence-corrected chi connectivity index (χ2v) is 6.97. The molecule has 8 heteroatoms. The Hall–Kier alpha value is -2.09. The van der Waals surface area contributed by atoms with E-state index < -0.39 is 0 Å². The van der Waals surface area contributed by atoms with E-state index >= 15 is 0 Å². The van der Waals surface area contributed by atoms with Gasteiger partial charge < -0.3 is 15.5 Å². The van der Waals surface area contributed by atoms with Gasteiger partial charge in [-0.25, -0.2) is 9.78 Å². The fraction of sp³-hybridized carbons (Fsp3) is 0.562. The van der Waals surface area contributed by atoms with Crippen molar-refractivity contribution >= 4 is 22.5 Å². The fourth-order valence-corrected chi connectivity index (χ4v) is 3.68. The topological polar surface area (TPSA) is 75.1 Å². The van der Waals surface area contributed by atoms with Gasteiger partial charge in [-0.1, -0.05) is 0 Å². The highest BCUT2D eigenvalue weighted by atomic mass is 32.1. The van der Waals surface area contributed by atoms with Crippen molar-refractivity contribution < 1.29 is 4.79 Å². The van der Waals surface area contributed by atoms with Crippen LogP contribution in [-0.4, -0.2) is 40.4 Å². The summed E-state index contributed by atoms with van der Waals surface area (Å²) < 4.78 is 1.73. The normalized spacial score (nSPS) is 15.5. The highest BCUT2D eigenvalue weighted by molar-refractivity contribution is 7.13. The van der Waals surface area contributed by atoms with Gasteiger partial charge in [-0.2, -0.15) is 5.10 Å². The SMILES string of the molecule is CC(NC(=O)NCCc1csc(N2CCCC2)n1)c1cnn(C)c1. The average Bonchev–Trinajstić information content (AvgIpc) is 3.27. The van der Waals surface area contributed by atoms with Gasteiger partial charge in [0.1, 0.15) is 0 Å². The Bertz CT molecular complexity index is 676. The van der Waals surface area contributed by atoms with E-state index in [0.717, 1.165) is 35.9 Å². The molecule has 3 rings (SSSR count). The predicted molar refractivity (Wildman–Crippen MR) is 95.4 cm³/mol. The van der Waals surface area contributed by atoms with Crippen LogP contribution in [0.2, 0.25) is 0 Å². The Balaban J connectivity index is 1.40.